The number of hydrogen-bond donors (Lipinski definition) is 1. The summed E-state index contributed by atoms with van der Waals surface area (Å²) in [6.07, 6.45) is 2.96. The molecular formula is C23H31N3O2. The minimum atomic E-state index is -0.0674. The summed E-state index contributed by atoms with van der Waals surface area (Å²) >= 11 is 0. The zero-order valence-electron chi connectivity index (χ0n) is 16.9. The Labute approximate surface area is 168 Å². The van der Waals surface area contributed by atoms with Gasteiger partial charge in [0.15, 0.2) is 0 Å². The highest BCUT2D eigenvalue weighted by molar-refractivity contribution is 5.95. The third-order valence-corrected chi connectivity index (χ3v) is 5.04. The summed E-state index contributed by atoms with van der Waals surface area (Å²) in [4.78, 5) is 17.2. The average Bonchev–Trinajstić information content (AvgIpc) is 3.15. The lowest BCUT2D eigenvalue weighted by molar-refractivity contribution is -0.120. The van der Waals surface area contributed by atoms with Crippen LogP contribution in [0.4, 0.5) is 5.69 Å². The Morgan fingerprint density at radius 1 is 1.14 bits per heavy atom. The second-order valence-corrected chi connectivity index (χ2v) is 7.63. The van der Waals surface area contributed by atoms with Gasteiger partial charge in [-0.05, 0) is 69.7 Å². The smallest absolute Gasteiger partial charge is 0.241 e. The molecule has 28 heavy (non-hydrogen) atoms. The van der Waals surface area contributed by atoms with E-state index in [1.165, 1.54) is 5.56 Å². The van der Waals surface area contributed by atoms with Crippen LogP contribution in [-0.2, 0) is 11.3 Å². The van der Waals surface area contributed by atoms with Crippen molar-refractivity contribution >= 4 is 11.6 Å². The molecule has 0 aromatic heterocycles. The van der Waals surface area contributed by atoms with E-state index in [0.717, 1.165) is 50.3 Å². The molecule has 1 amide bonds. The number of amides is 1. The van der Waals surface area contributed by atoms with E-state index in [1.54, 1.807) is 0 Å². The maximum Gasteiger partial charge on any atom is 0.241 e. The summed E-state index contributed by atoms with van der Waals surface area (Å²) in [7, 11) is 4.12. The number of hydrogen-bond acceptors (Lipinski definition) is 4. The predicted octanol–water partition coefficient (Wildman–Crippen LogP) is 3.62. The Hall–Kier alpha value is -2.37. The fourth-order valence-electron chi connectivity index (χ4n) is 3.56. The van der Waals surface area contributed by atoms with Gasteiger partial charge in [0, 0.05) is 18.8 Å². The molecule has 1 fully saturated rings. The van der Waals surface area contributed by atoms with E-state index in [-0.39, 0.29) is 11.9 Å². The molecule has 0 bridgehead atoms. The number of carbonyl (C=O) groups is 1. The largest absolute Gasteiger partial charge is 0.494 e. The highest BCUT2D eigenvalue weighted by atomic mass is 16.5. The number of rotatable bonds is 9. The first-order chi connectivity index (χ1) is 13.6. The van der Waals surface area contributed by atoms with E-state index in [1.807, 2.05) is 42.5 Å². The molecule has 2 aromatic carbocycles. The number of carbonyl (C=O) groups excluding carboxylic acids is 1. The van der Waals surface area contributed by atoms with Gasteiger partial charge < -0.3 is 15.0 Å². The quantitative estimate of drug-likeness (QED) is 0.674. The predicted molar refractivity (Wildman–Crippen MR) is 114 cm³/mol. The van der Waals surface area contributed by atoms with E-state index in [2.05, 4.69) is 41.3 Å². The van der Waals surface area contributed by atoms with E-state index >= 15 is 0 Å². The molecule has 1 N–H and O–H groups in total. The van der Waals surface area contributed by atoms with Gasteiger partial charge in [0.1, 0.15) is 5.75 Å². The zero-order chi connectivity index (χ0) is 19.8. The summed E-state index contributed by atoms with van der Waals surface area (Å²) in [5.74, 6) is 0.913. The molecule has 1 unspecified atom stereocenters. The van der Waals surface area contributed by atoms with Crippen LogP contribution in [0.15, 0.2) is 54.6 Å². The highest BCUT2D eigenvalue weighted by Gasteiger charge is 2.30. The van der Waals surface area contributed by atoms with Crippen LogP contribution < -0.4 is 10.1 Å². The minimum absolute atomic E-state index is 0.0674. The van der Waals surface area contributed by atoms with Crippen molar-refractivity contribution in [2.24, 2.45) is 0 Å². The van der Waals surface area contributed by atoms with E-state index in [9.17, 15) is 4.79 Å². The van der Waals surface area contributed by atoms with Gasteiger partial charge in [0.05, 0.1) is 12.6 Å². The van der Waals surface area contributed by atoms with Crippen LogP contribution in [0.1, 0.15) is 24.8 Å². The molecule has 1 saturated heterocycles. The summed E-state index contributed by atoms with van der Waals surface area (Å²) in [6, 6.07) is 17.9. The van der Waals surface area contributed by atoms with Crippen molar-refractivity contribution in [2.75, 3.05) is 39.1 Å². The Kier molecular flexibility index (Phi) is 7.46. The van der Waals surface area contributed by atoms with Crippen molar-refractivity contribution < 1.29 is 9.53 Å². The Morgan fingerprint density at radius 3 is 2.61 bits per heavy atom. The van der Waals surface area contributed by atoms with Crippen molar-refractivity contribution in [3.63, 3.8) is 0 Å². The van der Waals surface area contributed by atoms with Crippen LogP contribution in [-0.4, -0.2) is 55.5 Å². The maximum atomic E-state index is 12.8. The summed E-state index contributed by atoms with van der Waals surface area (Å²) < 4.78 is 5.75. The number of ether oxygens (including phenoxy) is 1. The second kappa shape index (κ2) is 10.2. The standard InChI is InChI=1S/C23H31N3O2/c1-25(2)15-7-17-28-21-13-11-20(12-14-21)24-23(27)22-10-6-16-26(22)18-19-8-4-3-5-9-19/h3-5,8-9,11-14,22H,6-7,10,15-18H2,1-2H3,(H,24,27). The van der Waals surface area contributed by atoms with Gasteiger partial charge in [-0.1, -0.05) is 30.3 Å². The molecule has 1 atom stereocenters. The molecule has 0 aliphatic carbocycles. The zero-order valence-corrected chi connectivity index (χ0v) is 16.9. The van der Waals surface area contributed by atoms with Crippen LogP contribution in [0.2, 0.25) is 0 Å². The van der Waals surface area contributed by atoms with Crippen molar-refractivity contribution in [2.45, 2.75) is 31.8 Å². The van der Waals surface area contributed by atoms with Crippen molar-refractivity contribution in [3.05, 3.63) is 60.2 Å². The highest BCUT2D eigenvalue weighted by Crippen LogP contribution is 2.22. The van der Waals surface area contributed by atoms with Crippen LogP contribution in [0, 0.1) is 0 Å². The molecule has 0 saturated carbocycles. The van der Waals surface area contributed by atoms with Crippen LogP contribution in [0.5, 0.6) is 5.75 Å². The number of anilines is 1. The fraction of sp³-hybridized carbons (Fsp3) is 0.435. The van der Waals surface area contributed by atoms with Gasteiger partial charge in [-0.15, -0.1) is 0 Å². The lowest BCUT2D eigenvalue weighted by Gasteiger charge is -2.23. The Bertz CT molecular complexity index is 731. The number of benzene rings is 2. The SMILES string of the molecule is CN(C)CCCOc1ccc(NC(=O)C2CCCN2Cc2ccccc2)cc1. The van der Waals surface area contributed by atoms with Crippen molar-refractivity contribution in [1.29, 1.82) is 0 Å². The summed E-state index contributed by atoms with van der Waals surface area (Å²) in [5, 5.41) is 3.07. The molecule has 0 radical (unpaired) electrons. The normalized spacial score (nSPS) is 17.0. The minimum Gasteiger partial charge on any atom is -0.494 e. The van der Waals surface area contributed by atoms with Gasteiger partial charge in [0.25, 0.3) is 0 Å². The molecule has 5 heteroatoms. The van der Waals surface area contributed by atoms with Crippen LogP contribution in [0.3, 0.4) is 0 Å². The van der Waals surface area contributed by atoms with E-state index in [4.69, 9.17) is 4.74 Å². The maximum absolute atomic E-state index is 12.8. The first-order valence-corrected chi connectivity index (χ1v) is 10.1. The van der Waals surface area contributed by atoms with Crippen molar-refractivity contribution in [1.82, 2.24) is 9.80 Å². The first kappa shape index (κ1) is 20.4. The average molecular weight is 382 g/mol. The Morgan fingerprint density at radius 2 is 1.89 bits per heavy atom. The van der Waals surface area contributed by atoms with Gasteiger partial charge >= 0.3 is 0 Å². The van der Waals surface area contributed by atoms with Gasteiger partial charge in [-0.25, -0.2) is 0 Å². The number of nitrogens with zero attached hydrogens (tertiary/aromatic N) is 2. The topological polar surface area (TPSA) is 44.8 Å². The van der Waals surface area contributed by atoms with Gasteiger partial charge in [0.2, 0.25) is 5.91 Å². The third kappa shape index (κ3) is 6.08. The molecule has 0 spiro atoms. The first-order valence-electron chi connectivity index (χ1n) is 10.1. The van der Waals surface area contributed by atoms with E-state index in [0.29, 0.717) is 6.61 Å². The monoisotopic (exact) mass is 381 g/mol. The molecule has 3 rings (SSSR count). The van der Waals surface area contributed by atoms with E-state index < -0.39 is 0 Å². The molecule has 5 nitrogen and oxygen atoms in total. The van der Waals surface area contributed by atoms with Crippen molar-refractivity contribution in [3.8, 4) is 5.75 Å². The third-order valence-electron chi connectivity index (χ3n) is 5.04. The molecule has 1 heterocycles. The van der Waals surface area contributed by atoms with Crippen LogP contribution >= 0.6 is 0 Å². The molecular weight excluding hydrogens is 350 g/mol. The summed E-state index contributed by atoms with van der Waals surface area (Å²) in [6.45, 7) is 3.49. The molecule has 1 aliphatic heterocycles. The molecule has 1 aliphatic rings. The lowest BCUT2D eigenvalue weighted by atomic mass is 10.1. The molecule has 2 aromatic rings. The summed E-state index contributed by atoms with van der Waals surface area (Å²) in [5.41, 5.74) is 2.06. The lowest BCUT2D eigenvalue weighted by Crippen LogP contribution is -2.39. The van der Waals surface area contributed by atoms with Crippen LogP contribution in [0.25, 0.3) is 0 Å². The molecule has 150 valence electrons. The second-order valence-electron chi connectivity index (χ2n) is 7.63. The Balaban J connectivity index is 1.49. The number of likely N-dealkylation sites (tertiary alicyclic amines) is 1. The fourth-order valence-corrected chi connectivity index (χ4v) is 3.56. The van der Waals surface area contributed by atoms with Gasteiger partial charge in [-0.2, -0.15) is 0 Å². The van der Waals surface area contributed by atoms with Gasteiger partial charge in [-0.3, -0.25) is 9.69 Å². The number of nitrogens with one attached hydrogen (secondary N) is 1.